The van der Waals surface area contributed by atoms with E-state index in [9.17, 15) is 10.4 Å². The van der Waals surface area contributed by atoms with Crippen molar-refractivity contribution in [3.8, 4) is 33.7 Å². The Hall–Kier alpha value is -3.97. The molecule has 3 N–H and O–H groups in total. The van der Waals surface area contributed by atoms with E-state index in [1.54, 1.807) is 22.3 Å². The smallest absolute Gasteiger partial charge is 0.154 e. The summed E-state index contributed by atoms with van der Waals surface area (Å²) in [5.74, 6) is 0.591. The zero-order valence-corrected chi connectivity index (χ0v) is 18.5. The van der Waals surface area contributed by atoms with Crippen LogP contribution in [0.2, 0.25) is 0 Å². The van der Waals surface area contributed by atoms with Gasteiger partial charge in [0.05, 0.1) is 35.4 Å². The lowest BCUT2D eigenvalue weighted by Crippen LogP contribution is -2.07. The molecule has 0 radical (unpaired) electrons. The summed E-state index contributed by atoms with van der Waals surface area (Å²) in [5.41, 5.74) is 11.1. The van der Waals surface area contributed by atoms with Crippen LogP contribution < -0.4 is 5.73 Å². The first kappa shape index (κ1) is 20.9. The Morgan fingerprint density at radius 2 is 2.00 bits per heavy atom. The van der Waals surface area contributed by atoms with Gasteiger partial charge < -0.3 is 10.8 Å². The number of rotatable bonds is 5. The second-order valence-electron chi connectivity index (χ2n) is 7.54. The van der Waals surface area contributed by atoms with Gasteiger partial charge in [0.1, 0.15) is 11.1 Å². The lowest BCUT2D eigenvalue weighted by Gasteiger charge is -2.10. The third kappa shape index (κ3) is 3.87. The number of nitrogens with zero attached hydrogens (tertiary/aromatic N) is 6. The molecule has 0 spiro atoms. The van der Waals surface area contributed by atoms with Crippen LogP contribution in [0.5, 0.6) is 0 Å². The van der Waals surface area contributed by atoms with E-state index in [1.807, 2.05) is 49.4 Å². The van der Waals surface area contributed by atoms with Crippen molar-refractivity contribution in [3.63, 3.8) is 0 Å². The van der Waals surface area contributed by atoms with E-state index in [0.717, 1.165) is 38.4 Å². The fourth-order valence-corrected chi connectivity index (χ4v) is 4.40. The summed E-state index contributed by atoms with van der Waals surface area (Å²) in [7, 11) is 0. The SMILES string of the molecule is CC(N)c1cccc(-c2cc(-c3nc(C#N)cs3)c3cnn(-c4cccc(CO)n4)c3c2)n1. The van der Waals surface area contributed by atoms with Crippen LogP contribution in [0.15, 0.2) is 60.1 Å². The molecular weight excluding hydrogens is 434 g/mol. The molecule has 1 aromatic carbocycles. The number of benzene rings is 1. The molecule has 0 bridgehead atoms. The molecule has 4 heterocycles. The average Bonchev–Trinajstić information content (AvgIpc) is 3.51. The van der Waals surface area contributed by atoms with E-state index in [1.165, 1.54) is 11.3 Å². The molecular formula is C24H19N7OS. The van der Waals surface area contributed by atoms with Gasteiger partial charge in [0.15, 0.2) is 11.5 Å². The molecule has 0 saturated carbocycles. The monoisotopic (exact) mass is 453 g/mol. The van der Waals surface area contributed by atoms with Crippen LogP contribution in [0.1, 0.15) is 30.0 Å². The van der Waals surface area contributed by atoms with E-state index in [4.69, 9.17) is 10.7 Å². The number of nitrogens with two attached hydrogens (primary N) is 1. The molecule has 33 heavy (non-hydrogen) atoms. The fraction of sp³-hybridized carbons (Fsp3) is 0.125. The highest BCUT2D eigenvalue weighted by atomic mass is 32.1. The molecule has 0 aliphatic heterocycles. The fourth-order valence-electron chi connectivity index (χ4n) is 3.62. The molecule has 1 unspecified atom stereocenters. The minimum absolute atomic E-state index is 0.159. The number of aliphatic hydroxyl groups is 1. The molecule has 0 fully saturated rings. The van der Waals surface area contributed by atoms with Crippen LogP contribution in [0.25, 0.3) is 38.5 Å². The maximum atomic E-state index is 9.51. The zero-order valence-electron chi connectivity index (χ0n) is 17.7. The molecule has 4 aromatic heterocycles. The number of hydrogen-bond donors (Lipinski definition) is 2. The predicted molar refractivity (Wildman–Crippen MR) is 126 cm³/mol. The number of fused-ring (bicyclic) bond motifs is 1. The average molecular weight is 454 g/mol. The third-order valence-electron chi connectivity index (χ3n) is 5.24. The molecule has 0 amide bonds. The minimum atomic E-state index is -0.193. The van der Waals surface area contributed by atoms with Gasteiger partial charge in [-0.15, -0.1) is 11.3 Å². The summed E-state index contributed by atoms with van der Waals surface area (Å²) in [6.45, 7) is 1.74. The van der Waals surface area contributed by atoms with Gasteiger partial charge in [-0.2, -0.15) is 10.4 Å². The summed E-state index contributed by atoms with van der Waals surface area (Å²) in [4.78, 5) is 13.7. The zero-order chi connectivity index (χ0) is 22.9. The molecule has 9 heteroatoms. The van der Waals surface area contributed by atoms with E-state index in [2.05, 4.69) is 21.1 Å². The summed E-state index contributed by atoms with van der Waals surface area (Å²) < 4.78 is 1.73. The molecule has 0 aliphatic carbocycles. The molecule has 1 atom stereocenters. The van der Waals surface area contributed by atoms with Crippen LogP contribution in [-0.2, 0) is 6.61 Å². The van der Waals surface area contributed by atoms with Gasteiger partial charge in [0, 0.05) is 27.9 Å². The van der Waals surface area contributed by atoms with Crippen molar-refractivity contribution in [2.24, 2.45) is 5.73 Å². The molecule has 8 nitrogen and oxygen atoms in total. The number of thiazole rings is 1. The van der Waals surface area contributed by atoms with Crippen molar-refractivity contribution in [2.75, 3.05) is 0 Å². The Morgan fingerprint density at radius 3 is 2.76 bits per heavy atom. The van der Waals surface area contributed by atoms with Gasteiger partial charge in [0.25, 0.3) is 0 Å². The lowest BCUT2D eigenvalue weighted by atomic mass is 10.0. The number of pyridine rings is 2. The Labute approximate surface area is 193 Å². The quantitative estimate of drug-likeness (QED) is 0.412. The summed E-state index contributed by atoms with van der Waals surface area (Å²) >= 11 is 1.41. The van der Waals surface area contributed by atoms with Crippen molar-refractivity contribution in [3.05, 3.63) is 77.2 Å². The Bertz CT molecular complexity index is 1510. The van der Waals surface area contributed by atoms with Crippen LogP contribution in [-0.4, -0.2) is 29.8 Å². The first-order valence-corrected chi connectivity index (χ1v) is 11.1. The van der Waals surface area contributed by atoms with Gasteiger partial charge in [-0.05, 0) is 43.3 Å². The van der Waals surface area contributed by atoms with Crippen molar-refractivity contribution in [1.82, 2.24) is 24.7 Å². The second-order valence-corrected chi connectivity index (χ2v) is 8.40. The maximum absolute atomic E-state index is 9.51. The normalized spacial score (nSPS) is 12.1. The standard InChI is InChI=1S/C24H19N7OS/c1-14(26)20-5-3-6-21(30-20)15-8-18(24-29-17(10-25)13-33-24)19-11-27-31(22(19)9-15)23-7-2-4-16(12-32)28-23/h2-9,11,13-14,32H,12,26H2,1H3. The topological polar surface area (TPSA) is 127 Å². The van der Waals surface area contributed by atoms with Crippen LogP contribution in [0.3, 0.4) is 0 Å². The van der Waals surface area contributed by atoms with Crippen molar-refractivity contribution >= 4 is 22.2 Å². The van der Waals surface area contributed by atoms with E-state index < -0.39 is 0 Å². The highest BCUT2D eigenvalue weighted by Gasteiger charge is 2.17. The number of hydrogen-bond acceptors (Lipinski definition) is 8. The summed E-state index contributed by atoms with van der Waals surface area (Å²) in [6.07, 6.45) is 1.76. The third-order valence-corrected chi connectivity index (χ3v) is 6.12. The Kier molecular flexibility index (Phi) is 5.40. The molecule has 5 rings (SSSR count). The van der Waals surface area contributed by atoms with Crippen LogP contribution in [0.4, 0.5) is 0 Å². The first-order valence-electron chi connectivity index (χ1n) is 10.2. The summed E-state index contributed by atoms with van der Waals surface area (Å²) in [6, 6.07) is 17.1. The van der Waals surface area contributed by atoms with E-state index >= 15 is 0 Å². The Balaban J connectivity index is 1.77. The minimum Gasteiger partial charge on any atom is -0.390 e. The molecule has 162 valence electrons. The molecule has 0 saturated heterocycles. The lowest BCUT2D eigenvalue weighted by molar-refractivity contribution is 0.276. The number of aliphatic hydroxyl groups excluding tert-OH is 1. The number of nitriles is 1. The van der Waals surface area contributed by atoms with Crippen molar-refractivity contribution in [1.29, 1.82) is 5.26 Å². The number of aromatic nitrogens is 5. The van der Waals surface area contributed by atoms with Crippen LogP contribution in [0, 0.1) is 11.3 Å². The Morgan fingerprint density at radius 1 is 1.15 bits per heavy atom. The molecule has 5 aromatic rings. The largest absolute Gasteiger partial charge is 0.390 e. The van der Waals surface area contributed by atoms with Crippen LogP contribution >= 0.6 is 11.3 Å². The van der Waals surface area contributed by atoms with Crippen molar-refractivity contribution in [2.45, 2.75) is 19.6 Å². The van der Waals surface area contributed by atoms with Gasteiger partial charge >= 0.3 is 0 Å². The highest BCUT2D eigenvalue weighted by molar-refractivity contribution is 7.13. The first-order chi connectivity index (χ1) is 16.1. The van der Waals surface area contributed by atoms with Crippen molar-refractivity contribution < 1.29 is 5.11 Å². The van der Waals surface area contributed by atoms with Gasteiger partial charge in [-0.25, -0.2) is 14.6 Å². The second kappa shape index (κ2) is 8.52. The predicted octanol–water partition coefficient (Wildman–Crippen LogP) is 3.99. The molecule has 0 aliphatic rings. The van der Waals surface area contributed by atoms with E-state index in [0.29, 0.717) is 17.2 Å². The van der Waals surface area contributed by atoms with Gasteiger partial charge in [0.2, 0.25) is 0 Å². The summed E-state index contributed by atoms with van der Waals surface area (Å²) in [5, 5.41) is 26.7. The van der Waals surface area contributed by atoms with Gasteiger partial charge in [-0.1, -0.05) is 12.1 Å². The van der Waals surface area contributed by atoms with E-state index in [-0.39, 0.29) is 12.6 Å². The van der Waals surface area contributed by atoms with Gasteiger partial charge in [-0.3, -0.25) is 4.98 Å². The highest BCUT2D eigenvalue weighted by Crippen LogP contribution is 2.36. The maximum Gasteiger partial charge on any atom is 0.154 e.